The summed E-state index contributed by atoms with van der Waals surface area (Å²) in [4.78, 5) is 2.02. The molecule has 0 spiro atoms. The second-order valence-electron chi connectivity index (χ2n) is 2.60. The third kappa shape index (κ3) is 1.19. The predicted octanol–water partition coefficient (Wildman–Crippen LogP) is 2.75. The largest absolute Gasteiger partial charge is 0.192 e. The van der Waals surface area contributed by atoms with Crippen molar-refractivity contribution < 1.29 is 0 Å². The Labute approximate surface area is 75.3 Å². The van der Waals surface area contributed by atoms with Gasteiger partial charge in [0.15, 0.2) is 0 Å². The van der Waals surface area contributed by atoms with Gasteiger partial charge >= 0.3 is 0 Å². The van der Waals surface area contributed by atoms with Crippen molar-refractivity contribution in [3.8, 4) is 6.07 Å². The highest BCUT2D eigenvalue weighted by atomic mass is 32.1. The van der Waals surface area contributed by atoms with Crippen LogP contribution in [-0.2, 0) is 6.42 Å². The SMILES string of the molecule is N#Cc1cc2c(s1)C=CC=CC2. The number of nitriles is 1. The Morgan fingerprint density at radius 3 is 3.17 bits per heavy atom. The van der Waals surface area contributed by atoms with Gasteiger partial charge in [0, 0.05) is 4.88 Å². The maximum absolute atomic E-state index is 8.68. The van der Waals surface area contributed by atoms with Gasteiger partial charge in [-0.05, 0) is 24.1 Å². The standard InChI is InChI=1S/C10H7NS/c11-7-9-6-8-4-2-1-3-5-10(8)12-9/h1-3,5-6H,4H2. The number of rotatable bonds is 0. The minimum Gasteiger partial charge on any atom is -0.192 e. The molecule has 0 amide bonds. The summed E-state index contributed by atoms with van der Waals surface area (Å²) in [5.74, 6) is 0. The Morgan fingerprint density at radius 1 is 1.42 bits per heavy atom. The molecule has 1 nitrogen and oxygen atoms in total. The number of thiophene rings is 1. The molecule has 2 rings (SSSR count). The highest BCUT2D eigenvalue weighted by Gasteiger charge is 2.05. The van der Waals surface area contributed by atoms with Gasteiger partial charge in [0.25, 0.3) is 0 Å². The maximum atomic E-state index is 8.68. The molecule has 12 heavy (non-hydrogen) atoms. The zero-order valence-electron chi connectivity index (χ0n) is 6.45. The molecule has 1 heterocycles. The fraction of sp³-hybridized carbons (Fsp3) is 0.100. The zero-order valence-corrected chi connectivity index (χ0v) is 7.27. The van der Waals surface area contributed by atoms with Gasteiger partial charge in [-0.2, -0.15) is 5.26 Å². The van der Waals surface area contributed by atoms with Crippen molar-refractivity contribution in [1.82, 2.24) is 0 Å². The van der Waals surface area contributed by atoms with E-state index in [4.69, 9.17) is 5.26 Å². The Kier molecular flexibility index (Phi) is 1.81. The van der Waals surface area contributed by atoms with E-state index in [1.165, 1.54) is 10.4 Å². The highest BCUT2D eigenvalue weighted by Crippen LogP contribution is 2.25. The minimum atomic E-state index is 0.806. The Morgan fingerprint density at radius 2 is 2.33 bits per heavy atom. The van der Waals surface area contributed by atoms with Crippen LogP contribution in [0.4, 0.5) is 0 Å². The maximum Gasteiger partial charge on any atom is 0.110 e. The summed E-state index contributed by atoms with van der Waals surface area (Å²) in [7, 11) is 0. The lowest BCUT2D eigenvalue weighted by Crippen LogP contribution is -1.76. The first-order chi connectivity index (χ1) is 5.90. The van der Waals surface area contributed by atoms with Crippen LogP contribution in [0.1, 0.15) is 15.3 Å². The molecule has 1 aromatic heterocycles. The van der Waals surface area contributed by atoms with Crippen molar-refractivity contribution in [2.75, 3.05) is 0 Å². The lowest BCUT2D eigenvalue weighted by Gasteiger charge is -1.89. The van der Waals surface area contributed by atoms with Crippen LogP contribution < -0.4 is 0 Å². The van der Waals surface area contributed by atoms with Crippen molar-refractivity contribution in [2.45, 2.75) is 6.42 Å². The van der Waals surface area contributed by atoms with Crippen LogP contribution in [0.15, 0.2) is 24.3 Å². The van der Waals surface area contributed by atoms with Crippen molar-refractivity contribution in [2.24, 2.45) is 0 Å². The molecule has 0 unspecified atom stereocenters. The second kappa shape index (κ2) is 2.96. The molecule has 0 fully saturated rings. The van der Waals surface area contributed by atoms with E-state index in [1.807, 2.05) is 18.2 Å². The summed E-state index contributed by atoms with van der Waals surface area (Å²) in [5.41, 5.74) is 1.27. The van der Waals surface area contributed by atoms with Crippen LogP contribution in [0.5, 0.6) is 0 Å². The van der Waals surface area contributed by atoms with Crippen molar-refractivity contribution in [3.05, 3.63) is 39.6 Å². The van der Waals surface area contributed by atoms with Crippen LogP contribution in [-0.4, -0.2) is 0 Å². The van der Waals surface area contributed by atoms with Crippen LogP contribution in [0, 0.1) is 11.3 Å². The normalized spacial score (nSPS) is 13.6. The second-order valence-corrected chi connectivity index (χ2v) is 3.69. The number of allylic oxidation sites excluding steroid dienone is 3. The molecular weight excluding hydrogens is 166 g/mol. The number of hydrogen-bond donors (Lipinski definition) is 0. The van der Waals surface area contributed by atoms with Gasteiger partial charge in [0.1, 0.15) is 10.9 Å². The van der Waals surface area contributed by atoms with E-state index in [1.54, 1.807) is 11.3 Å². The monoisotopic (exact) mass is 173 g/mol. The van der Waals surface area contributed by atoms with Gasteiger partial charge in [-0.15, -0.1) is 11.3 Å². The number of nitrogens with zero attached hydrogens (tertiary/aromatic N) is 1. The Bertz CT molecular complexity index is 390. The number of hydrogen-bond acceptors (Lipinski definition) is 2. The third-order valence-electron chi connectivity index (χ3n) is 1.78. The molecule has 1 aromatic rings. The van der Waals surface area contributed by atoms with Crippen molar-refractivity contribution >= 4 is 17.4 Å². The summed E-state index contributed by atoms with van der Waals surface area (Å²) in [6, 6.07) is 4.14. The molecule has 1 aliphatic carbocycles. The lowest BCUT2D eigenvalue weighted by molar-refractivity contribution is 1.29. The first-order valence-electron chi connectivity index (χ1n) is 3.76. The summed E-state index contributed by atoms with van der Waals surface area (Å²) in [5, 5.41) is 8.68. The van der Waals surface area contributed by atoms with Gasteiger partial charge < -0.3 is 0 Å². The molecule has 0 saturated carbocycles. The van der Waals surface area contributed by atoms with E-state index in [-0.39, 0.29) is 0 Å². The van der Waals surface area contributed by atoms with Crippen molar-refractivity contribution in [3.63, 3.8) is 0 Å². The first kappa shape index (κ1) is 7.33. The molecule has 0 radical (unpaired) electrons. The fourth-order valence-corrected chi connectivity index (χ4v) is 2.12. The van der Waals surface area contributed by atoms with E-state index in [0.29, 0.717) is 0 Å². The summed E-state index contributed by atoms with van der Waals surface area (Å²) < 4.78 is 0. The van der Waals surface area contributed by atoms with Crippen LogP contribution in [0.3, 0.4) is 0 Å². The first-order valence-corrected chi connectivity index (χ1v) is 4.58. The van der Waals surface area contributed by atoms with Gasteiger partial charge in [0.05, 0.1) is 0 Å². The predicted molar refractivity (Wildman–Crippen MR) is 50.9 cm³/mol. The lowest BCUT2D eigenvalue weighted by atomic mass is 10.2. The molecular formula is C10H7NS. The smallest absolute Gasteiger partial charge is 0.110 e. The Balaban J connectivity index is 2.50. The number of fused-ring (bicyclic) bond motifs is 1. The van der Waals surface area contributed by atoms with E-state index in [0.717, 1.165) is 11.3 Å². The van der Waals surface area contributed by atoms with Gasteiger partial charge in [0.2, 0.25) is 0 Å². The van der Waals surface area contributed by atoms with E-state index in [9.17, 15) is 0 Å². The van der Waals surface area contributed by atoms with Gasteiger partial charge in [-0.25, -0.2) is 0 Å². The average Bonchev–Trinajstić information content (AvgIpc) is 2.37. The van der Waals surface area contributed by atoms with Gasteiger partial charge in [-0.3, -0.25) is 0 Å². The minimum absolute atomic E-state index is 0.806. The quantitative estimate of drug-likeness (QED) is 0.591. The summed E-state index contributed by atoms with van der Waals surface area (Å²) >= 11 is 1.56. The molecule has 0 aliphatic heterocycles. The van der Waals surface area contributed by atoms with Gasteiger partial charge in [-0.1, -0.05) is 18.2 Å². The zero-order chi connectivity index (χ0) is 8.39. The third-order valence-corrected chi connectivity index (χ3v) is 2.83. The summed E-state index contributed by atoms with van der Waals surface area (Å²) in [6.07, 6.45) is 9.17. The highest BCUT2D eigenvalue weighted by molar-refractivity contribution is 7.13. The van der Waals surface area contributed by atoms with E-state index >= 15 is 0 Å². The average molecular weight is 173 g/mol. The van der Waals surface area contributed by atoms with Crippen LogP contribution >= 0.6 is 11.3 Å². The van der Waals surface area contributed by atoms with Crippen molar-refractivity contribution in [1.29, 1.82) is 5.26 Å². The molecule has 2 heteroatoms. The molecule has 0 saturated heterocycles. The molecule has 0 atom stereocenters. The van der Waals surface area contributed by atoms with Crippen LogP contribution in [0.25, 0.3) is 6.08 Å². The molecule has 1 aliphatic rings. The fourth-order valence-electron chi connectivity index (χ4n) is 1.22. The van der Waals surface area contributed by atoms with E-state index < -0.39 is 0 Å². The topological polar surface area (TPSA) is 23.8 Å². The van der Waals surface area contributed by atoms with E-state index in [2.05, 4.69) is 18.2 Å². The Hall–Kier alpha value is -1.33. The molecule has 0 N–H and O–H groups in total. The molecule has 58 valence electrons. The van der Waals surface area contributed by atoms with Crippen LogP contribution in [0.2, 0.25) is 0 Å². The summed E-state index contributed by atoms with van der Waals surface area (Å²) in [6.45, 7) is 0. The molecule has 0 bridgehead atoms. The molecule has 0 aromatic carbocycles.